The van der Waals surface area contributed by atoms with Crippen LogP contribution in [0.3, 0.4) is 0 Å². The second kappa shape index (κ2) is 4.37. The monoisotopic (exact) mass is 302 g/mol. The van der Waals surface area contributed by atoms with Gasteiger partial charge in [-0.15, -0.1) is 5.10 Å². The molecule has 1 saturated carbocycles. The van der Waals surface area contributed by atoms with Gasteiger partial charge >= 0.3 is 6.18 Å². The smallest absolute Gasteiger partial charge is 0.381 e. The lowest BCUT2D eigenvalue weighted by Crippen LogP contribution is -2.13. The lowest BCUT2D eigenvalue weighted by Gasteiger charge is -2.14. The Bertz CT molecular complexity index is 661. The van der Waals surface area contributed by atoms with E-state index in [1.807, 2.05) is 0 Å². The lowest BCUT2D eigenvalue weighted by molar-refractivity contribution is -0.137. The van der Waals surface area contributed by atoms with E-state index in [2.05, 4.69) is 10.3 Å². The average Bonchev–Trinajstić information content (AvgIpc) is 3.12. The van der Waals surface area contributed by atoms with Gasteiger partial charge in [0.1, 0.15) is 0 Å². The maximum absolute atomic E-state index is 13.1. The zero-order valence-electron chi connectivity index (χ0n) is 10.2. The van der Waals surface area contributed by atoms with E-state index in [9.17, 15) is 13.2 Å². The number of hydrogen-bond donors (Lipinski definition) is 1. The van der Waals surface area contributed by atoms with Crippen molar-refractivity contribution in [2.24, 2.45) is 0 Å². The molecule has 0 unspecified atom stereocenters. The van der Waals surface area contributed by atoms with Gasteiger partial charge in [0.05, 0.1) is 16.9 Å². The van der Waals surface area contributed by atoms with Crippen LogP contribution in [0.2, 0.25) is 5.02 Å². The topological polar surface area (TPSA) is 56.7 Å². The van der Waals surface area contributed by atoms with Crippen LogP contribution in [0.1, 0.15) is 30.0 Å². The minimum absolute atomic E-state index is 0.0159. The molecule has 1 heterocycles. The van der Waals surface area contributed by atoms with E-state index in [1.54, 1.807) is 0 Å². The Morgan fingerprint density at radius 2 is 2.00 bits per heavy atom. The minimum atomic E-state index is -4.53. The second-order valence-electron chi connectivity index (χ2n) is 4.71. The highest BCUT2D eigenvalue weighted by atomic mass is 35.5. The molecule has 1 aromatic heterocycles. The summed E-state index contributed by atoms with van der Waals surface area (Å²) in [5.74, 6) is 0.303. The van der Waals surface area contributed by atoms with Crippen LogP contribution in [-0.2, 0) is 6.18 Å². The third-order valence-electron chi connectivity index (χ3n) is 3.19. The zero-order chi connectivity index (χ0) is 14.5. The molecule has 0 aliphatic heterocycles. The molecule has 0 atom stereocenters. The Hall–Kier alpha value is -1.76. The standard InChI is InChI=1S/C12H10ClF3N4/c13-7-3-4-9(8(5-7)12(14,15)16)20-10(6-1-2-6)11(17)18-19-20/h3-6H,1-2,17H2. The van der Waals surface area contributed by atoms with Crippen molar-refractivity contribution in [3.63, 3.8) is 0 Å². The van der Waals surface area contributed by atoms with Crippen molar-refractivity contribution in [1.82, 2.24) is 15.0 Å². The van der Waals surface area contributed by atoms with Gasteiger partial charge in [-0.25, -0.2) is 4.68 Å². The summed E-state index contributed by atoms with van der Waals surface area (Å²) in [6.45, 7) is 0. The molecule has 2 N–H and O–H groups in total. The van der Waals surface area contributed by atoms with E-state index >= 15 is 0 Å². The normalized spacial score (nSPS) is 15.6. The number of hydrogen-bond acceptors (Lipinski definition) is 3. The average molecular weight is 303 g/mol. The maximum Gasteiger partial charge on any atom is 0.418 e. The van der Waals surface area contributed by atoms with Crippen molar-refractivity contribution in [1.29, 1.82) is 0 Å². The van der Waals surface area contributed by atoms with Gasteiger partial charge in [0.25, 0.3) is 0 Å². The van der Waals surface area contributed by atoms with Crippen LogP contribution < -0.4 is 5.73 Å². The molecule has 0 amide bonds. The molecule has 2 aromatic rings. The summed E-state index contributed by atoms with van der Waals surface area (Å²) in [4.78, 5) is 0. The highest BCUT2D eigenvalue weighted by molar-refractivity contribution is 6.30. The van der Waals surface area contributed by atoms with Gasteiger partial charge in [0, 0.05) is 10.9 Å². The van der Waals surface area contributed by atoms with Gasteiger partial charge < -0.3 is 5.73 Å². The van der Waals surface area contributed by atoms with Crippen LogP contribution in [0, 0.1) is 0 Å². The second-order valence-corrected chi connectivity index (χ2v) is 5.14. The molecule has 1 aliphatic carbocycles. The first kappa shape index (κ1) is 13.2. The van der Waals surface area contributed by atoms with Gasteiger partial charge in [-0.05, 0) is 31.0 Å². The molecular formula is C12H10ClF3N4. The minimum Gasteiger partial charge on any atom is -0.381 e. The summed E-state index contributed by atoms with van der Waals surface area (Å²) in [7, 11) is 0. The largest absolute Gasteiger partial charge is 0.418 e. The Labute approximate surface area is 117 Å². The summed E-state index contributed by atoms with van der Waals surface area (Å²) in [6.07, 6.45) is -2.76. The van der Waals surface area contributed by atoms with Crippen molar-refractivity contribution >= 4 is 17.4 Å². The lowest BCUT2D eigenvalue weighted by atomic mass is 10.1. The Balaban J connectivity index is 2.20. The number of halogens is 4. The Morgan fingerprint density at radius 1 is 1.30 bits per heavy atom. The highest BCUT2D eigenvalue weighted by Crippen LogP contribution is 2.44. The third kappa shape index (κ3) is 2.22. The molecule has 1 aromatic carbocycles. The van der Waals surface area contributed by atoms with E-state index in [0.29, 0.717) is 5.69 Å². The van der Waals surface area contributed by atoms with E-state index in [1.165, 1.54) is 16.8 Å². The molecule has 4 nitrogen and oxygen atoms in total. The summed E-state index contributed by atoms with van der Waals surface area (Å²) in [5.41, 5.74) is 5.29. The highest BCUT2D eigenvalue weighted by Gasteiger charge is 2.37. The molecule has 20 heavy (non-hydrogen) atoms. The zero-order valence-corrected chi connectivity index (χ0v) is 10.9. The molecular weight excluding hydrogens is 293 g/mol. The van der Waals surface area contributed by atoms with E-state index in [-0.39, 0.29) is 22.4 Å². The van der Waals surface area contributed by atoms with Crippen molar-refractivity contribution in [2.45, 2.75) is 24.9 Å². The molecule has 0 saturated heterocycles. The van der Waals surface area contributed by atoms with E-state index in [4.69, 9.17) is 17.3 Å². The third-order valence-corrected chi connectivity index (χ3v) is 3.42. The first-order valence-electron chi connectivity index (χ1n) is 5.96. The van der Waals surface area contributed by atoms with E-state index in [0.717, 1.165) is 18.9 Å². The molecule has 1 fully saturated rings. The van der Waals surface area contributed by atoms with Crippen LogP contribution in [0.4, 0.5) is 19.0 Å². The molecule has 106 valence electrons. The van der Waals surface area contributed by atoms with Crippen LogP contribution >= 0.6 is 11.6 Å². The van der Waals surface area contributed by atoms with Gasteiger partial charge in [0.15, 0.2) is 5.82 Å². The van der Waals surface area contributed by atoms with Crippen molar-refractivity contribution in [3.05, 3.63) is 34.5 Å². The fraction of sp³-hybridized carbons (Fsp3) is 0.333. The number of nitrogens with two attached hydrogens (primary N) is 1. The molecule has 0 radical (unpaired) electrons. The van der Waals surface area contributed by atoms with Crippen LogP contribution in [-0.4, -0.2) is 15.0 Å². The van der Waals surface area contributed by atoms with Gasteiger partial charge in [-0.1, -0.05) is 16.8 Å². The van der Waals surface area contributed by atoms with Gasteiger partial charge in [-0.2, -0.15) is 13.2 Å². The molecule has 0 bridgehead atoms. The van der Waals surface area contributed by atoms with E-state index < -0.39 is 11.7 Å². The maximum atomic E-state index is 13.1. The molecule has 0 spiro atoms. The summed E-state index contributed by atoms with van der Waals surface area (Å²) in [5, 5.41) is 7.46. The first-order valence-corrected chi connectivity index (χ1v) is 6.34. The number of benzene rings is 1. The first-order chi connectivity index (χ1) is 9.38. The molecule has 3 rings (SSSR count). The van der Waals surface area contributed by atoms with Crippen molar-refractivity contribution in [2.75, 3.05) is 5.73 Å². The van der Waals surface area contributed by atoms with Crippen molar-refractivity contribution in [3.8, 4) is 5.69 Å². The number of nitrogen functional groups attached to an aromatic ring is 1. The Kier molecular flexibility index (Phi) is 2.89. The number of aromatic nitrogens is 3. The number of nitrogens with zero attached hydrogens (tertiary/aromatic N) is 3. The van der Waals surface area contributed by atoms with Gasteiger partial charge in [-0.3, -0.25) is 0 Å². The summed E-state index contributed by atoms with van der Waals surface area (Å²) in [6, 6.07) is 3.55. The number of anilines is 1. The van der Waals surface area contributed by atoms with Gasteiger partial charge in [0.2, 0.25) is 0 Å². The fourth-order valence-corrected chi connectivity index (χ4v) is 2.31. The number of alkyl halides is 3. The number of rotatable bonds is 2. The fourth-order valence-electron chi connectivity index (χ4n) is 2.14. The van der Waals surface area contributed by atoms with Crippen LogP contribution in [0.5, 0.6) is 0 Å². The molecule has 1 aliphatic rings. The predicted molar refractivity (Wildman–Crippen MR) is 67.8 cm³/mol. The van der Waals surface area contributed by atoms with Crippen LogP contribution in [0.15, 0.2) is 18.2 Å². The van der Waals surface area contributed by atoms with Crippen molar-refractivity contribution < 1.29 is 13.2 Å². The molecule has 8 heteroatoms. The SMILES string of the molecule is Nc1nnn(-c2ccc(Cl)cc2C(F)(F)F)c1C1CC1. The van der Waals surface area contributed by atoms with Crippen LogP contribution in [0.25, 0.3) is 5.69 Å². The summed E-state index contributed by atoms with van der Waals surface area (Å²) < 4.78 is 40.5. The summed E-state index contributed by atoms with van der Waals surface area (Å²) >= 11 is 5.66. The Morgan fingerprint density at radius 3 is 2.60 bits per heavy atom. The quantitative estimate of drug-likeness (QED) is 0.925. The predicted octanol–water partition coefficient (Wildman–Crippen LogP) is 3.40.